The van der Waals surface area contributed by atoms with Gasteiger partial charge < -0.3 is 14.8 Å². The average Bonchev–Trinajstić information content (AvgIpc) is 3.19. The highest BCUT2D eigenvalue weighted by Crippen LogP contribution is 2.42. The van der Waals surface area contributed by atoms with Gasteiger partial charge in [-0.3, -0.25) is 4.98 Å². The van der Waals surface area contributed by atoms with E-state index in [9.17, 15) is 0 Å². The average molecular weight is 419 g/mol. The van der Waals surface area contributed by atoms with Crippen LogP contribution in [0.2, 0.25) is 0 Å². The first-order chi connectivity index (χ1) is 14.3. The van der Waals surface area contributed by atoms with E-state index in [1.807, 2.05) is 18.3 Å². The van der Waals surface area contributed by atoms with Crippen LogP contribution in [0, 0.1) is 27.7 Å². The number of rotatable bonds is 4. The maximum absolute atomic E-state index is 5.77. The second-order valence-corrected chi connectivity index (χ2v) is 8.92. The minimum absolute atomic E-state index is 0.0213. The number of thiocarbonyl (C=S) groups is 1. The molecule has 0 saturated carbocycles. The van der Waals surface area contributed by atoms with Crippen LogP contribution in [0.25, 0.3) is 5.69 Å². The molecule has 4 nitrogen and oxygen atoms in total. The van der Waals surface area contributed by atoms with Gasteiger partial charge in [0, 0.05) is 23.6 Å². The zero-order valence-electron chi connectivity index (χ0n) is 18.6. The smallest absolute Gasteiger partial charge is 0.170 e. The van der Waals surface area contributed by atoms with E-state index in [-0.39, 0.29) is 18.1 Å². The minimum Gasteiger partial charge on any atom is -0.352 e. The molecule has 1 fully saturated rings. The number of pyridine rings is 1. The van der Waals surface area contributed by atoms with Crippen molar-refractivity contribution in [3.8, 4) is 5.69 Å². The number of nitrogens with zero attached hydrogens (tertiary/aromatic N) is 3. The van der Waals surface area contributed by atoms with Gasteiger partial charge in [-0.25, -0.2) is 0 Å². The van der Waals surface area contributed by atoms with Crippen LogP contribution in [0.15, 0.2) is 48.7 Å². The summed E-state index contributed by atoms with van der Waals surface area (Å²) in [5, 5.41) is 4.35. The van der Waals surface area contributed by atoms with Crippen LogP contribution in [0.1, 0.15) is 59.7 Å². The first kappa shape index (κ1) is 20.6. The van der Waals surface area contributed by atoms with E-state index in [1.54, 1.807) is 0 Å². The maximum atomic E-state index is 5.77. The molecule has 1 aromatic carbocycles. The van der Waals surface area contributed by atoms with Gasteiger partial charge in [0.1, 0.15) is 0 Å². The van der Waals surface area contributed by atoms with Crippen molar-refractivity contribution in [2.45, 2.75) is 59.7 Å². The molecule has 1 aliphatic rings. The highest BCUT2D eigenvalue weighted by Gasteiger charge is 2.42. The summed E-state index contributed by atoms with van der Waals surface area (Å²) in [5.74, 6) is 0. The molecular weight excluding hydrogens is 388 g/mol. The summed E-state index contributed by atoms with van der Waals surface area (Å²) in [6, 6.07) is 15.3. The molecule has 2 atom stereocenters. The Labute approximate surface area is 184 Å². The molecule has 0 radical (unpaired) electrons. The Morgan fingerprint density at radius 3 is 2.30 bits per heavy atom. The molecule has 1 saturated heterocycles. The van der Waals surface area contributed by atoms with Crippen molar-refractivity contribution in [2.24, 2.45) is 0 Å². The van der Waals surface area contributed by atoms with E-state index < -0.39 is 0 Å². The molecule has 3 aromatic rings. The molecule has 1 aliphatic heterocycles. The van der Waals surface area contributed by atoms with Crippen molar-refractivity contribution >= 4 is 17.3 Å². The highest BCUT2D eigenvalue weighted by molar-refractivity contribution is 7.80. The van der Waals surface area contributed by atoms with Crippen LogP contribution in [0.3, 0.4) is 0 Å². The summed E-state index contributed by atoms with van der Waals surface area (Å²) in [6.45, 7) is 13.2. The number of benzene rings is 1. The van der Waals surface area contributed by atoms with Crippen molar-refractivity contribution in [3.63, 3.8) is 0 Å². The fourth-order valence-electron chi connectivity index (χ4n) is 4.84. The topological polar surface area (TPSA) is 33.1 Å². The van der Waals surface area contributed by atoms with Gasteiger partial charge >= 0.3 is 0 Å². The van der Waals surface area contributed by atoms with Gasteiger partial charge in [0.05, 0.1) is 23.5 Å². The molecule has 0 amide bonds. The third-order valence-electron chi connectivity index (χ3n) is 6.14. The number of para-hydroxylation sites is 1. The predicted molar refractivity (Wildman–Crippen MR) is 127 cm³/mol. The summed E-state index contributed by atoms with van der Waals surface area (Å²) in [7, 11) is 0. The fourth-order valence-corrected chi connectivity index (χ4v) is 5.30. The largest absolute Gasteiger partial charge is 0.352 e. The van der Waals surface area contributed by atoms with E-state index in [0.717, 1.165) is 10.8 Å². The van der Waals surface area contributed by atoms with E-state index in [2.05, 4.69) is 91.6 Å². The lowest BCUT2D eigenvalue weighted by Crippen LogP contribution is -2.35. The zero-order chi connectivity index (χ0) is 21.6. The summed E-state index contributed by atoms with van der Waals surface area (Å²) in [6.07, 6.45) is 1.86. The van der Waals surface area contributed by atoms with Crippen molar-refractivity contribution in [1.82, 2.24) is 19.8 Å². The van der Waals surface area contributed by atoms with Crippen LogP contribution in [0.5, 0.6) is 0 Å². The van der Waals surface area contributed by atoms with Gasteiger partial charge in [-0.1, -0.05) is 24.3 Å². The quantitative estimate of drug-likeness (QED) is 0.568. The normalized spacial score (nSPS) is 18.9. The lowest BCUT2D eigenvalue weighted by atomic mass is 9.96. The third kappa shape index (κ3) is 3.31. The van der Waals surface area contributed by atoms with Gasteiger partial charge in [0.15, 0.2) is 5.11 Å². The van der Waals surface area contributed by atoms with E-state index in [4.69, 9.17) is 12.2 Å². The first-order valence-electron chi connectivity index (χ1n) is 10.6. The second kappa shape index (κ2) is 7.88. The molecule has 0 unspecified atom stereocenters. The number of hydrogen-bond donors (Lipinski definition) is 1. The lowest BCUT2D eigenvalue weighted by molar-refractivity contribution is 0.269. The molecule has 1 N–H and O–H groups in total. The summed E-state index contributed by atoms with van der Waals surface area (Å²) in [5.41, 5.74) is 8.65. The SMILES string of the molecule is Cc1cccc(C)c1-n1c(C)cc([C@@H]2[C@@H](c3ccccn3)NC(=S)N2C(C)C)c1C. The predicted octanol–water partition coefficient (Wildman–Crippen LogP) is 5.49. The number of nitrogens with one attached hydrogen (secondary N) is 1. The lowest BCUT2D eigenvalue weighted by Gasteiger charge is -2.31. The Hall–Kier alpha value is -2.66. The van der Waals surface area contributed by atoms with Gasteiger partial charge in [-0.15, -0.1) is 0 Å². The molecule has 0 spiro atoms. The Balaban J connectivity index is 1.90. The molecule has 3 heterocycles. The van der Waals surface area contributed by atoms with E-state index in [1.165, 1.54) is 33.8 Å². The monoisotopic (exact) mass is 418 g/mol. The van der Waals surface area contributed by atoms with E-state index >= 15 is 0 Å². The maximum Gasteiger partial charge on any atom is 0.170 e. The Kier molecular flexibility index (Phi) is 5.41. The summed E-state index contributed by atoms with van der Waals surface area (Å²) >= 11 is 5.77. The molecule has 5 heteroatoms. The van der Waals surface area contributed by atoms with Gasteiger partial charge in [0.25, 0.3) is 0 Å². The molecule has 156 valence electrons. The van der Waals surface area contributed by atoms with Crippen LogP contribution in [0.4, 0.5) is 0 Å². The van der Waals surface area contributed by atoms with Crippen molar-refractivity contribution in [1.29, 1.82) is 0 Å². The Bertz CT molecular complexity index is 1060. The Morgan fingerprint density at radius 1 is 1.00 bits per heavy atom. The molecule has 30 heavy (non-hydrogen) atoms. The number of hydrogen-bond acceptors (Lipinski definition) is 2. The molecule has 0 bridgehead atoms. The van der Waals surface area contributed by atoms with Crippen molar-refractivity contribution in [3.05, 3.63) is 82.4 Å². The summed E-state index contributed by atoms with van der Waals surface area (Å²) < 4.78 is 2.40. The third-order valence-corrected chi connectivity index (χ3v) is 6.47. The van der Waals surface area contributed by atoms with Crippen LogP contribution in [-0.2, 0) is 0 Å². The van der Waals surface area contributed by atoms with E-state index in [0.29, 0.717) is 0 Å². The van der Waals surface area contributed by atoms with Crippen LogP contribution in [-0.4, -0.2) is 25.6 Å². The number of aryl methyl sites for hydroxylation is 3. The van der Waals surface area contributed by atoms with Crippen molar-refractivity contribution < 1.29 is 0 Å². The molecular formula is C25H30N4S. The van der Waals surface area contributed by atoms with Gasteiger partial charge in [-0.2, -0.15) is 0 Å². The summed E-state index contributed by atoms with van der Waals surface area (Å²) in [4.78, 5) is 6.98. The second-order valence-electron chi connectivity index (χ2n) is 8.53. The van der Waals surface area contributed by atoms with Gasteiger partial charge in [0.2, 0.25) is 0 Å². The standard InChI is InChI=1S/C25H30N4S/c1-15(2)28-24(22(27-25(28)30)21-12-7-8-13-26-21)20-14-18(5)29(19(20)6)23-16(3)10-9-11-17(23)4/h7-15,22,24H,1-6H3,(H,27,30)/t22-,24-/m1/s1. The first-order valence-corrected chi connectivity index (χ1v) is 11.0. The zero-order valence-corrected chi connectivity index (χ0v) is 19.4. The Morgan fingerprint density at radius 2 is 1.70 bits per heavy atom. The van der Waals surface area contributed by atoms with Crippen molar-refractivity contribution in [2.75, 3.05) is 0 Å². The minimum atomic E-state index is 0.0213. The van der Waals surface area contributed by atoms with Crippen LogP contribution < -0.4 is 5.32 Å². The molecule has 2 aromatic heterocycles. The molecule has 4 rings (SSSR count). The van der Waals surface area contributed by atoms with Gasteiger partial charge in [-0.05, 0) is 88.6 Å². The van der Waals surface area contributed by atoms with Crippen LogP contribution >= 0.6 is 12.2 Å². The number of aromatic nitrogens is 2. The fraction of sp³-hybridized carbons (Fsp3) is 0.360. The molecule has 0 aliphatic carbocycles. The highest BCUT2D eigenvalue weighted by atomic mass is 32.1.